The molecule has 0 aromatic heterocycles. The van der Waals surface area contributed by atoms with Gasteiger partial charge >= 0.3 is 6.03 Å². The van der Waals surface area contributed by atoms with E-state index in [-0.39, 0.29) is 24.4 Å². The first kappa shape index (κ1) is 18.2. The third kappa shape index (κ3) is 7.21. The molecule has 1 aromatic carbocycles. The molecule has 5 nitrogen and oxygen atoms in total. The molecule has 1 atom stereocenters. The van der Waals surface area contributed by atoms with Crippen molar-refractivity contribution in [2.45, 2.75) is 26.3 Å². The quantitative estimate of drug-likeness (QED) is 0.688. The van der Waals surface area contributed by atoms with Crippen LogP contribution in [0.4, 0.5) is 13.6 Å². The van der Waals surface area contributed by atoms with Crippen molar-refractivity contribution in [2.24, 2.45) is 0 Å². The van der Waals surface area contributed by atoms with Gasteiger partial charge in [0.15, 0.2) is 11.6 Å². The lowest BCUT2D eigenvalue weighted by molar-refractivity contribution is 0.145. The summed E-state index contributed by atoms with van der Waals surface area (Å²) in [4.78, 5) is 11.6. The molecular formula is C15H22F2N2O3. The molecule has 0 bridgehead atoms. The van der Waals surface area contributed by atoms with Gasteiger partial charge in [0.1, 0.15) is 12.4 Å². The second-order valence-electron chi connectivity index (χ2n) is 4.74. The van der Waals surface area contributed by atoms with Crippen molar-refractivity contribution in [1.29, 1.82) is 0 Å². The van der Waals surface area contributed by atoms with Crippen LogP contribution >= 0.6 is 0 Å². The van der Waals surface area contributed by atoms with E-state index in [4.69, 9.17) is 9.47 Å². The molecule has 22 heavy (non-hydrogen) atoms. The molecule has 124 valence electrons. The highest BCUT2D eigenvalue weighted by Crippen LogP contribution is 2.17. The number of nitrogens with one attached hydrogen (secondary N) is 2. The fraction of sp³-hybridized carbons (Fsp3) is 0.533. The van der Waals surface area contributed by atoms with Crippen LogP contribution in [-0.4, -0.2) is 38.4 Å². The van der Waals surface area contributed by atoms with E-state index in [1.54, 1.807) is 6.92 Å². The monoisotopic (exact) mass is 316 g/mol. The van der Waals surface area contributed by atoms with Crippen LogP contribution in [0.5, 0.6) is 5.75 Å². The van der Waals surface area contributed by atoms with Gasteiger partial charge < -0.3 is 20.1 Å². The Morgan fingerprint density at radius 2 is 2.14 bits per heavy atom. The standard InChI is InChI=1S/C15H22F2N2O3/c1-3-21-8-4-7-18-15(20)19-11(2)10-22-14-6-5-12(16)9-13(14)17/h5-6,9,11H,3-4,7-8,10H2,1-2H3,(H2,18,19,20). The van der Waals surface area contributed by atoms with Gasteiger partial charge in [-0.25, -0.2) is 13.6 Å². The predicted octanol–water partition coefficient (Wildman–Crippen LogP) is 2.46. The van der Waals surface area contributed by atoms with Gasteiger partial charge in [-0.15, -0.1) is 0 Å². The minimum Gasteiger partial charge on any atom is -0.488 e. The zero-order valence-corrected chi connectivity index (χ0v) is 12.8. The maximum atomic E-state index is 13.4. The van der Waals surface area contributed by atoms with Gasteiger partial charge in [0, 0.05) is 25.8 Å². The van der Waals surface area contributed by atoms with Crippen molar-refractivity contribution < 1.29 is 23.0 Å². The second-order valence-corrected chi connectivity index (χ2v) is 4.74. The van der Waals surface area contributed by atoms with Gasteiger partial charge in [-0.3, -0.25) is 0 Å². The number of urea groups is 1. The van der Waals surface area contributed by atoms with Crippen molar-refractivity contribution in [2.75, 3.05) is 26.4 Å². The van der Waals surface area contributed by atoms with Gasteiger partial charge in [0.25, 0.3) is 0 Å². The molecule has 0 saturated heterocycles. The van der Waals surface area contributed by atoms with Crippen molar-refractivity contribution in [3.63, 3.8) is 0 Å². The van der Waals surface area contributed by atoms with Gasteiger partial charge in [-0.1, -0.05) is 0 Å². The lowest BCUT2D eigenvalue weighted by Gasteiger charge is -2.16. The van der Waals surface area contributed by atoms with Crippen molar-refractivity contribution in [1.82, 2.24) is 10.6 Å². The molecule has 7 heteroatoms. The molecular weight excluding hydrogens is 294 g/mol. The first-order chi connectivity index (χ1) is 10.5. The largest absolute Gasteiger partial charge is 0.488 e. The summed E-state index contributed by atoms with van der Waals surface area (Å²) in [6, 6.07) is 2.43. The Kier molecular flexibility index (Phi) is 8.21. The Balaban J connectivity index is 2.22. The van der Waals surface area contributed by atoms with Crippen LogP contribution in [0.25, 0.3) is 0 Å². The molecule has 0 spiro atoms. The molecule has 0 heterocycles. The van der Waals surface area contributed by atoms with E-state index < -0.39 is 11.6 Å². The van der Waals surface area contributed by atoms with E-state index in [1.165, 1.54) is 6.07 Å². The fourth-order valence-corrected chi connectivity index (χ4v) is 1.64. The molecule has 2 N–H and O–H groups in total. The number of amides is 2. The first-order valence-electron chi connectivity index (χ1n) is 7.23. The first-order valence-corrected chi connectivity index (χ1v) is 7.23. The van der Waals surface area contributed by atoms with Gasteiger partial charge in [-0.05, 0) is 32.4 Å². The minimum atomic E-state index is -0.771. The summed E-state index contributed by atoms with van der Waals surface area (Å²) >= 11 is 0. The molecule has 1 aromatic rings. The summed E-state index contributed by atoms with van der Waals surface area (Å²) in [5.41, 5.74) is 0. The van der Waals surface area contributed by atoms with Crippen LogP contribution in [0.2, 0.25) is 0 Å². The molecule has 0 saturated carbocycles. The van der Waals surface area contributed by atoms with Gasteiger partial charge in [0.2, 0.25) is 0 Å². The summed E-state index contributed by atoms with van der Waals surface area (Å²) in [5, 5.41) is 5.34. The molecule has 2 amide bonds. The summed E-state index contributed by atoms with van der Waals surface area (Å²) in [6.45, 7) is 5.47. The highest BCUT2D eigenvalue weighted by atomic mass is 19.1. The number of carbonyl (C=O) groups is 1. The number of hydrogen-bond acceptors (Lipinski definition) is 3. The van der Waals surface area contributed by atoms with Crippen molar-refractivity contribution >= 4 is 6.03 Å². The molecule has 1 rings (SSSR count). The lowest BCUT2D eigenvalue weighted by Crippen LogP contribution is -2.43. The third-order valence-corrected chi connectivity index (χ3v) is 2.72. The Labute approximate surface area is 129 Å². The Morgan fingerprint density at radius 1 is 1.36 bits per heavy atom. The van der Waals surface area contributed by atoms with Gasteiger partial charge in [0.05, 0.1) is 6.04 Å². The summed E-state index contributed by atoms with van der Waals surface area (Å²) in [5.74, 6) is -1.48. The third-order valence-electron chi connectivity index (χ3n) is 2.72. The van der Waals surface area contributed by atoms with E-state index >= 15 is 0 Å². The van der Waals surface area contributed by atoms with E-state index in [2.05, 4.69) is 10.6 Å². The molecule has 0 aliphatic heterocycles. The summed E-state index contributed by atoms with van der Waals surface area (Å²) < 4.78 is 36.5. The minimum absolute atomic E-state index is 0.0489. The van der Waals surface area contributed by atoms with E-state index in [0.717, 1.165) is 18.6 Å². The van der Waals surface area contributed by atoms with Crippen LogP contribution in [0.1, 0.15) is 20.3 Å². The Bertz CT molecular complexity index is 472. The van der Waals surface area contributed by atoms with Crippen LogP contribution in [0.3, 0.4) is 0 Å². The molecule has 0 aliphatic carbocycles. The second kappa shape index (κ2) is 9.94. The lowest BCUT2D eigenvalue weighted by atomic mass is 10.3. The molecule has 0 aliphatic rings. The SMILES string of the molecule is CCOCCCNC(=O)NC(C)COc1ccc(F)cc1F. The number of hydrogen-bond donors (Lipinski definition) is 2. The average Bonchev–Trinajstić information content (AvgIpc) is 2.46. The van der Waals surface area contributed by atoms with Crippen LogP contribution < -0.4 is 15.4 Å². The zero-order valence-electron chi connectivity index (χ0n) is 12.8. The number of rotatable bonds is 9. The number of halogens is 2. The number of ether oxygens (including phenoxy) is 2. The molecule has 1 unspecified atom stereocenters. The predicted molar refractivity (Wildman–Crippen MR) is 79.0 cm³/mol. The normalized spacial score (nSPS) is 11.8. The smallest absolute Gasteiger partial charge is 0.315 e. The van der Waals surface area contributed by atoms with Crippen molar-refractivity contribution in [3.8, 4) is 5.75 Å². The topological polar surface area (TPSA) is 59.6 Å². The number of carbonyl (C=O) groups excluding carboxylic acids is 1. The molecule has 0 radical (unpaired) electrons. The van der Waals surface area contributed by atoms with Crippen molar-refractivity contribution in [3.05, 3.63) is 29.8 Å². The van der Waals surface area contributed by atoms with Crippen LogP contribution in [0.15, 0.2) is 18.2 Å². The summed E-state index contributed by atoms with van der Waals surface area (Å²) in [6.07, 6.45) is 0.729. The van der Waals surface area contributed by atoms with Crippen LogP contribution in [-0.2, 0) is 4.74 Å². The van der Waals surface area contributed by atoms with Gasteiger partial charge in [-0.2, -0.15) is 0 Å². The van der Waals surface area contributed by atoms with Crippen LogP contribution in [0, 0.1) is 11.6 Å². The van der Waals surface area contributed by atoms with E-state index in [9.17, 15) is 13.6 Å². The highest BCUT2D eigenvalue weighted by Gasteiger charge is 2.10. The fourth-order valence-electron chi connectivity index (χ4n) is 1.64. The Hall–Kier alpha value is -1.89. The number of benzene rings is 1. The van der Waals surface area contributed by atoms with E-state index in [0.29, 0.717) is 19.8 Å². The van der Waals surface area contributed by atoms with E-state index in [1.807, 2.05) is 6.92 Å². The Morgan fingerprint density at radius 3 is 2.82 bits per heavy atom. The zero-order chi connectivity index (χ0) is 16.4. The molecule has 0 fully saturated rings. The average molecular weight is 316 g/mol. The maximum absolute atomic E-state index is 13.4. The summed E-state index contributed by atoms with van der Waals surface area (Å²) in [7, 11) is 0. The highest BCUT2D eigenvalue weighted by molar-refractivity contribution is 5.74. The maximum Gasteiger partial charge on any atom is 0.315 e.